The van der Waals surface area contributed by atoms with Crippen LogP contribution >= 0.6 is 0 Å². The van der Waals surface area contributed by atoms with Gasteiger partial charge in [0.15, 0.2) is 0 Å². The van der Waals surface area contributed by atoms with Crippen LogP contribution in [0.15, 0.2) is 12.2 Å². The molecule has 0 saturated carbocycles. The van der Waals surface area contributed by atoms with Crippen LogP contribution < -0.4 is 5.73 Å². The lowest BCUT2D eigenvalue weighted by molar-refractivity contribution is 0.204. The van der Waals surface area contributed by atoms with Crippen LogP contribution in [0, 0.1) is 0 Å². The van der Waals surface area contributed by atoms with Gasteiger partial charge in [-0.1, -0.05) is 180 Å². The highest BCUT2D eigenvalue weighted by Gasteiger charge is 2.08. The van der Waals surface area contributed by atoms with Gasteiger partial charge in [-0.15, -0.1) is 0 Å². The molecule has 0 aromatic carbocycles. The van der Waals surface area contributed by atoms with Gasteiger partial charge in [0, 0.05) is 13.1 Å². The quantitative estimate of drug-likeness (QED) is 0.0627. The Kier molecular flexibility index (Phi) is 33.4. The van der Waals surface area contributed by atoms with Gasteiger partial charge in [0.1, 0.15) is 0 Å². The van der Waals surface area contributed by atoms with Crippen LogP contribution in [0.5, 0.6) is 0 Å². The van der Waals surface area contributed by atoms with Crippen LogP contribution in [0.3, 0.4) is 0 Å². The Hall–Kier alpha value is -0.990. The maximum Gasteiger partial charge on any atom is 0.314 e. The fourth-order valence-electron chi connectivity index (χ4n) is 5.73. The lowest BCUT2D eigenvalue weighted by Crippen LogP contribution is -2.37. The SMILES string of the molecule is CCCCCCCC/C=C\CCCCCCCCN(CCCCCCCCCCCCCCCCCC)C(N)=O. The molecule has 40 heavy (non-hydrogen) atoms. The Balaban J connectivity index is 3.42. The van der Waals surface area contributed by atoms with Gasteiger partial charge in [-0.3, -0.25) is 0 Å². The average molecular weight is 563 g/mol. The highest BCUT2D eigenvalue weighted by atomic mass is 16.2. The van der Waals surface area contributed by atoms with Crippen molar-refractivity contribution in [3.8, 4) is 0 Å². The highest BCUT2D eigenvalue weighted by molar-refractivity contribution is 5.71. The lowest BCUT2D eigenvalue weighted by Gasteiger charge is -2.20. The number of hydrogen-bond acceptors (Lipinski definition) is 1. The predicted molar refractivity (Wildman–Crippen MR) is 180 cm³/mol. The molecule has 3 heteroatoms. The number of carbonyl (C=O) groups is 1. The first-order valence-corrected chi connectivity index (χ1v) is 18.4. The van der Waals surface area contributed by atoms with Crippen molar-refractivity contribution < 1.29 is 4.79 Å². The van der Waals surface area contributed by atoms with Crippen molar-refractivity contribution in [3.05, 3.63) is 12.2 Å². The Morgan fingerprint density at radius 3 is 0.950 bits per heavy atom. The molecule has 0 radical (unpaired) electrons. The van der Waals surface area contributed by atoms with E-state index in [0.29, 0.717) is 0 Å². The minimum absolute atomic E-state index is 0.228. The minimum Gasteiger partial charge on any atom is -0.351 e. The molecular weight excluding hydrogens is 488 g/mol. The summed E-state index contributed by atoms with van der Waals surface area (Å²) < 4.78 is 0. The third kappa shape index (κ3) is 31.5. The molecule has 0 unspecified atom stereocenters. The van der Waals surface area contributed by atoms with Gasteiger partial charge in [-0.2, -0.15) is 0 Å². The Labute approximate surface area is 252 Å². The van der Waals surface area contributed by atoms with E-state index in [4.69, 9.17) is 5.73 Å². The largest absolute Gasteiger partial charge is 0.351 e. The Bertz CT molecular complexity index is 518. The molecule has 0 rings (SSSR count). The van der Waals surface area contributed by atoms with Crippen LogP contribution in [0.1, 0.15) is 206 Å². The number of amides is 2. The Morgan fingerprint density at radius 1 is 0.425 bits per heavy atom. The van der Waals surface area contributed by atoms with Crippen molar-refractivity contribution in [1.82, 2.24) is 4.90 Å². The normalized spacial score (nSPS) is 11.6. The summed E-state index contributed by atoms with van der Waals surface area (Å²) >= 11 is 0. The summed E-state index contributed by atoms with van der Waals surface area (Å²) in [5, 5.41) is 0. The molecule has 3 nitrogen and oxygen atoms in total. The summed E-state index contributed by atoms with van der Waals surface area (Å²) in [7, 11) is 0. The molecule has 0 aromatic heterocycles. The van der Waals surface area contributed by atoms with Crippen molar-refractivity contribution in [1.29, 1.82) is 0 Å². The first-order valence-electron chi connectivity index (χ1n) is 18.4. The molecule has 0 heterocycles. The molecular formula is C37H74N2O. The number of urea groups is 1. The van der Waals surface area contributed by atoms with E-state index in [2.05, 4.69) is 26.0 Å². The smallest absolute Gasteiger partial charge is 0.314 e. The number of allylic oxidation sites excluding steroid dienone is 2. The van der Waals surface area contributed by atoms with Crippen LogP contribution in [-0.2, 0) is 0 Å². The summed E-state index contributed by atoms with van der Waals surface area (Å²) in [5.41, 5.74) is 5.65. The van der Waals surface area contributed by atoms with Gasteiger partial charge >= 0.3 is 6.03 Å². The highest BCUT2D eigenvalue weighted by Crippen LogP contribution is 2.14. The molecule has 0 aliphatic heterocycles. The van der Waals surface area contributed by atoms with Crippen molar-refractivity contribution in [2.75, 3.05) is 13.1 Å². The minimum atomic E-state index is -0.228. The summed E-state index contributed by atoms with van der Waals surface area (Å²) in [6.45, 7) is 6.26. The predicted octanol–water partition coefficient (Wildman–Crippen LogP) is 12.7. The zero-order chi connectivity index (χ0) is 29.2. The van der Waals surface area contributed by atoms with E-state index in [9.17, 15) is 4.79 Å². The van der Waals surface area contributed by atoms with Crippen molar-refractivity contribution in [2.45, 2.75) is 206 Å². The number of primary amides is 1. The van der Waals surface area contributed by atoms with Crippen molar-refractivity contribution in [2.24, 2.45) is 5.73 Å². The molecule has 0 fully saturated rings. The van der Waals surface area contributed by atoms with E-state index in [1.807, 2.05) is 4.90 Å². The monoisotopic (exact) mass is 563 g/mol. The zero-order valence-electron chi connectivity index (χ0n) is 27.7. The van der Waals surface area contributed by atoms with Crippen molar-refractivity contribution in [3.63, 3.8) is 0 Å². The number of nitrogens with zero attached hydrogens (tertiary/aromatic N) is 1. The van der Waals surface area contributed by atoms with E-state index >= 15 is 0 Å². The van der Waals surface area contributed by atoms with E-state index in [1.54, 1.807) is 0 Å². The second-order valence-corrected chi connectivity index (χ2v) is 12.6. The molecule has 0 spiro atoms. The third-order valence-corrected chi connectivity index (χ3v) is 8.53. The van der Waals surface area contributed by atoms with Gasteiger partial charge < -0.3 is 10.6 Å². The van der Waals surface area contributed by atoms with Crippen LogP contribution in [0.4, 0.5) is 4.79 Å². The standard InChI is InChI=1S/C37H74N2O/c1-3-5-7-9-11-13-15-17-19-21-23-25-27-29-31-33-35-39(37(38)40)36-34-32-30-28-26-24-22-20-18-16-14-12-10-8-6-4-2/h17,19H,3-16,18,20-36H2,1-2H3,(H2,38,40)/b19-17-. The number of hydrogen-bond donors (Lipinski definition) is 1. The second-order valence-electron chi connectivity index (χ2n) is 12.6. The van der Waals surface area contributed by atoms with Crippen LogP contribution in [0.25, 0.3) is 0 Å². The summed E-state index contributed by atoms with van der Waals surface area (Å²) in [5.74, 6) is 0. The second kappa shape index (κ2) is 34.2. The topological polar surface area (TPSA) is 46.3 Å². The number of carbonyl (C=O) groups excluding carboxylic acids is 1. The fraction of sp³-hybridized carbons (Fsp3) is 0.919. The molecule has 0 saturated heterocycles. The number of rotatable bonds is 33. The maximum absolute atomic E-state index is 11.8. The van der Waals surface area contributed by atoms with Gasteiger partial charge in [0.2, 0.25) is 0 Å². The zero-order valence-corrected chi connectivity index (χ0v) is 27.7. The first kappa shape index (κ1) is 39.0. The van der Waals surface area contributed by atoms with E-state index in [-0.39, 0.29) is 6.03 Å². The summed E-state index contributed by atoms with van der Waals surface area (Å²) in [4.78, 5) is 13.7. The van der Waals surface area contributed by atoms with Gasteiger partial charge in [-0.25, -0.2) is 4.79 Å². The lowest BCUT2D eigenvalue weighted by atomic mass is 10.0. The first-order chi connectivity index (χ1) is 19.7. The van der Waals surface area contributed by atoms with Crippen LogP contribution in [-0.4, -0.2) is 24.0 Å². The van der Waals surface area contributed by atoms with Gasteiger partial charge in [0.25, 0.3) is 0 Å². The molecule has 0 aromatic rings. The van der Waals surface area contributed by atoms with Gasteiger partial charge in [-0.05, 0) is 38.5 Å². The van der Waals surface area contributed by atoms with Gasteiger partial charge in [0.05, 0.1) is 0 Å². The Morgan fingerprint density at radius 2 is 0.675 bits per heavy atom. The molecule has 0 atom stereocenters. The van der Waals surface area contributed by atoms with Crippen LogP contribution in [0.2, 0.25) is 0 Å². The molecule has 2 amide bonds. The molecule has 0 aliphatic rings. The number of unbranched alkanes of at least 4 members (excludes halogenated alkanes) is 27. The summed E-state index contributed by atoms with van der Waals surface area (Å²) in [6.07, 6.45) is 45.3. The van der Waals surface area contributed by atoms with E-state index in [1.165, 1.54) is 180 Å². The molecule has 238 valence electrons. The summed E-state index contributed by atoms with van der Waals surface area (Å²) in [6, 6.07) is -0.228. The number of nitrogens with two attached hydrogens (primary N) is 1. The third-order valence-electron chi connectivity index (χ3n) is 8.53. The maximum atomic E-state index is 11.8. The fourth-order valence-corrected chi connectivity index (χ4v) is 5.73. The van der Waals surface area contributed by atoms with E-state index in [0.717, 1.165) is 25.9 Å². The molecule has 0 bridgehead atoms. The molecule has 0 aliphatic carbocycles. The van der Waals surface area contributed by atoms with Crippen molar-refractivity contribution >= 4 is 6.03 Å². The molecule has 2 N–H and O–H groups in total. The van der Waals surface area contributed by atoms with E-state index < -0.39 is 0 Å². The average Bonchev–Trinajstić information content (AvgIpc) is 2.95.